The van der Waals surface area contributed by atoms with Gasteiger partial charge in [0.15, 0.2) is 0 Å². The first-order chi connectivity index (χ1) is 19.8. The third kappa shape index (κ3) is 10.8. The fourth-order valence-corrected chi connectivity index (χ4v) is 5.81. The second kappa shape index (κ2) is 16.8. The largest absolute Gasteiger partial charge is 0.465 e. The van der Waals surface area contributed by atoms with Crippen LogP contribution >= 0.6 is 0 Å². The zero-order valence-corrected chi connectivity index (χ0v) is 24.4. The number of aromatic nitrogens is 2. The van der Waals surface area contributed by atoms with E-state index >= 15 is 0 Å². The molecular weight excluding hydrogens is 522 g/mol. The van der Waals surface area contributed by atoms with Crippen molar-refractivity contribution in [2.24, 2.45) is 11.8 Å². The van der Waals surface area contributed by atoms with Crippen molar-refractivity contribution in [3.63, 3.8) is 0 Å². The Morgan fingerprint density at radius 2 is 1.61 bits per heavy atom. The van der Waals surface area contributed by atoms with Gasteiger partial charge in [0.2, 0.25) is 11.8 Å². The quantitative estimate of drug-likeness (QED) is 0.180. The van der Waals surface area contributed by atoms with Crippen molar-refractivity contribution >= 4 is 17.9 Å². The summed E-state index contributed by atoms with van der Waals surface area (Å²) >= 11 is 0. The molecule has 1 heterocycles. The van der Waals surface area contributed by atoms with E-state index < -0.39 is 42.1 Å². The SMILES string of the molecule is CCC(CC)C[C@H](O)[C@H](CC1CCCCC1)NC(=O)[C@H](Cc1c[nH]cn1)NC(=O)[C@H](Cc1ccccc1)NC(=O)O. The van der Waals surface area contributed by atoms with Crippen LogP contribution in [0.2, 0.25) is 0 Å². The number of hydrogen-bond donors (Lipinski definition) is 6. The van der Waals surface area contributed by atoms with Crippen LogP contribution in [0, 0.1) is 11.8 Å². The lowest BCUT2D eigenvalue weighted by Gasteiger charge is -2.33. The summed E-state index contributed by atoms with van der Waals surface area (Å²) in [6.07, 6.45) is 10.3. The molecule has 0 spiro atoms. The number of carbonyl (C=O) groups excluding carboxylic acids is 2. The van der Waals surface area contributed by atoms with Gasteiger partial charge in [-0.3, -0.25) is 9.59 Å². The highest BCUT2D eigenvalue weighted by Gasteiger charge is 2.32. The van der Waals surface area contributed by atoms with Crippen LogP contribution < -0.4 is 16.0 Å². The van der Waals surface area contributed by atoms with E-state index in [-0.39, 0.29) is 12.8 Å². The maximum Gasteiger partial charge on any atom is 0.405 e. The fraction of sp³-hybridized carbons (Fsp3) is 0.613. The minimum Gasteiger partial charge on any atom is -0.465 e. The molecule has 0 radical (unpaired) electrons. The summed E-state index contributed by atoms with van der Waals surface area (Å²) in [7, 11) is 0. The van der Waals surface area contributed by atoms with E-state index in [1.54, 1.807) is 6.20 Å². The minimum absolute atomic E-state index is 0.116. The minimum atomic E-state index is -1.33. The van der Waals surface area contributed by atoms with Crippen molar-refractivity contribution in [3.05, 3.63) is 54.1 Å². The van der Waals surface area contributed by atoms with E-state index in [1.807, 2.05) is 30.3 Å². The molecule has 1 aromatic heterocycles. The smallest absolute Gasteiger partial charge is 0.405 e. The number of carboxylic acid groups (broad SMARTS) is 1. The van der Waals surface area contributed by atoms with Gasteiger partial charge in [-0.2, -0.15) is 0 Å². The van der Waals surface area contributed by atoms with Gasteiger partial charge >= 0.3 is 6.09 Å². The molecule has 6 N–H and O–H groups in total. The Morgan fingerprint density at radius 3 is 2.22 bits per heavy atom. The normalized spacial score (nSPS) is 16.9. The van der Waals surface area contributed by atoms with E-state index in [9.17, 15) is 24.6 Å². The van der Waals surface area contributed by atoms with Crippen LogP contribution in [0.3, 0.4) is 0 Å². The van der Waals surface area contributed by atoms with Gasteiger partial charge in [0.05, 0.1) is 24.2 Å². The van der Waals surface area contributed by atoms with E-state index in [4.69, 9.17) is 0 Å². The summed E-state index contributed by atoms with van der Waals surface area (Å²) in [5, 5.41) is 28.9. The predicted octanol–water partition coefficient (Wildman–Crippen LogP) is 3.96. The number of carbonyl (C=O) groups is 3. The molecule has 1 saturated carbocycles. The number of H-pyrrole nitrogens is 1. The maximum absolute atomic E-state index is 13.8. The van der Waals surface area contributed by atoms with Gasteiger partial charge in [0.1, 0.15) is 12.1 Å². The zero-order valence-electron chi connectivity index (χ0n) is 24.4. The summed E-state index contributed by atoms with van der Waals surface area (Å²) in [4.78, 5) is 45.8. The molecule has 226 valence electrons. The lowest BCUT2D eigenvalue weighted by atomic mass is 9.82. The Labute approximate surface area is 243 Å². The van der Waals surface area contributed by atoms with Gasteiger partial charge in [-0.25, -0.2) is 9.78 Å². The summed E-state index contributed by atoms with van der Waals surface area (Å²) in [5.41, 5.74) is 1.37. The predicted molar refractivity (Wildman–Crippen MR) is 157 cm³/mol. The summed E-state index contributed by atoms with van der Waals surface area (Å²) in [6, 6.07) is 6.56. The molecule has 3 rings (SSSR count). The van der Waals surface area contributed by atoms with Gasteiger partial charge in [0.25, 0.3) is 0 Å². The second-order valence-corrected chi connectivity index (χ2v) is 11.4. The van der Waals surface area contributed by atoms with Gasteiger partial charge in [-0.05, 0) is 30.2 Å². The van der Waals surface area contributed by atoms with Crippen LogP contribution in [0.25, 0.3) is 0 Å². The van der Waals surface area contributed by atoms with Crippen molar-refractivity contribution in [2.45, 2.75) is 109 Å². The Hall–Kier alpha value is -3.40. The number of nitrogens with one attached hydrogen (secondary N) is 4. The van der Waals surface area contributed by atoms with Crippen LogP contribution in [0.4, 0.5) is 4.79 Å². The van der Waals surface area contributed by atoms with Crippen molar-refractivity contribution in [1.29, 1.82) is 0 Å². The molecule has 1 aliphatic rings. The number of rotatable bonds is 16. The molecule has 1 fully saturated rings. The molecule has 0 unspecified atom stereocenters. The number of aromatic amines is 1. The maximum atomic E-state index is 13.8. The van der Waals surface area contributed by atoms with Crippen LogP contribution in [-0.2, 0) is 22.4 Å². The zero-order chi connectivity index (χ0) is 29.6. The van der Waals surface area contributed by atoms with Crippen molar-refractivity contribution in [1.82, 2.24) is 25.9 Å². The third-order valence-corrected chi connectivity index (χ3v) is 8.33. The van der Waals surface area contributed by atoms with Crippen molar-refractivity contribution in [3.8, 4) is 0 Å². The molecular formula is C31H47N5O5. The van der Waals surface area contributed by atoms with Gasteiger partial charge < -0.3 is 31.1 Å². The van der Waals surface area contributed by atoms with Gasteiger partial charge in [-0.1, -0.05) is 89.1 Å². The van der Waals surface area contributed by atoms with Crippen molar-refractivity contribution in [2.75, 3.05) is 0 Å². The van der Waals surface area contributed by atoms with Crippen LogP contribution in [0.1, 0.15) is 82.9 Å². The van der Waals surface area contributed by atoms with Crippen LogP contribution in [0.15, 0.2) is 42.9 Å². The number of aliphatic hydroxyl groups excluding tert-OH is 1. The number of imidazole rings is 1. The fourth-order valence-electron chi connectivity index (χ4n) is 5.81. The molecule has 1 aromatic carbocycles. The van der Waals surface area contributed by atoms with Gasteiger partial charge in [0, 0.05) is 19.0 Å². The average Bonchev–Trinajstić information content (AvgIpc) is 3.48. The topological polar surface area (TPSA) is 156 Å². The number of hydrogen-bond acceptors (Lipinski definition) is 5. The Balaban J connectivity index is 1.79. The summed E-state index contributed by atoms with van der Waals surface area (Å²) in [6.45, 7) is 4.23. The molecule has 10 nitrogen and oxygen atoms in total. The highest BCUT2D eigenvalue weighted by molar-refractivity contribution is 5.91. The Kier molecular flexibility index (Phi) is 13.1. The molecule has 2 aromatic rings. The second-order valence-electron chi connectivity index (χ2n) is 11.4. The molecule has 41 heavy (non-hydrogen) atoms. The highest BCUT2D eigenvalue weighted by atomic mass is 16.4. The van der Waals surface area contributed by atoms with Gasteiger partial charge in [-0.15, -0.1) is 0 Å². The van der Waals surface area contributed by atoms with Crippen molar-refractivity contribution < 1.29 is 24.6 Å². The molecule has 0 aliphatic heterocycles. The molecule has 3 amide bonds. The molecule has 0 saturated heterocycles. The summed E-state index contributed by atoms with van der Waals surface area (Å²) in [5.74, 6) is -0.233. The molecule has 1 aliphatic carbocycles. The number of benzene rings is 1. The highest BCUT2D eigenvalue weighted by Crippen LogP contribution is 2.29. The third-order valence-electron chi connectivity index (χ3n) is 8.33. The molecule has 10 heteroatoms. The number of aliphatic hydroxyl groups is 1. The van der Waals surface area contributed by atoms with E-state index in [1.165, 1.54) is 12.7 Å². The first kappa shape index (κ1) is 32.1. The Bertz CT molecular complexity index is 1050. The van der Waals surface area contributed by atoms with Crippen LogP contribution in [0.5, 0.6) is 0 Å². The first-order valence-electron chi connectivity index (χ1n) is 15.1. The standard InChI is InChI=1S/C31H47N5O5/c1-3-21(4-2)17-28(37)25(15-22-11-7-5-8-12-22)34-30(39)27(18-24-19-32-20-33-24)35-29(38)26(36-31(40)41)16-23-13-9-6-10-14-23/h6,9-10,13-14,19-22,25-28,36-37H,3-5,7-8,11-12,15-18H2,1-2H3,(H,32,33)(H,34,39)(H,35,38)(H,40,41)/t25-,26-,27-,28-/m0/s1. The molecule has 0 bridgehead atoms. The average molecular weight is 570 g/mol. The number of nitrogens with zero attached hydrogens (tertiary/aromatic N) is 1. The van der Waals surface area contributed by atoms with E-state index in [2.05, 4.69) is 39.8 Å². The van der Waals surface area contributed by atoms with E-state index in [0.29, 0.717) is 30.4 Å². The lowest BCUT2D eigenvalue weighted by molar-refractivity contribution is -0.131. The lowest BCUT2D eigenvalue weighted by Crippen LogP contribution is -2.57. The monoisotopic (exact) mass is 569 g/mol. The van der Waals surface area contributed by atoms with E-state index in [0.717, 1.165) is 44.1 Å². The summed E-state index contributed by atoms with van der Waals surface area (Å²) < 4.78 is 0. The first-order valence-corrected chi connectivity index (χ1v) is 15.1. The molecule has 4 atom stereocenters. The van der Waals surface area contributed by atoms with Crippen LogP contribution in [-0.4, -0.2) is 62.3 Å². The Morgan fingerprint density at radius 1 is 0.951 bits per heavy atom. The number of amides is 3.